The summed E-state index contributed by atoms with van der Waals surface area (Å²) in [6.07, 6.45) is 0. The Morgan fingerprint density at radius 1 is 1.62 bits per heavy atom. The van der Waals surface area contributed by atoms with Gasteiger partial charge in [0.25, 0.3) is 0 Å². The van der Waals surface area contributed by atoms with Crippen LogP contribution in [0.3, 0.4) is 0 Å². The van der Waals surface area contributed by atoms with E-state index in [9.17, 15) is 9.59 Å². The number of hydrogen-bond acceptors (Lipinski definition) is 4. The number of rotatable bonds is 6. The fraction of sp³-hybridized carbons (Fsp3) is 0.400. The second-order valence-electron chi connectivity index (χ2n) is 3.20. The number of thioether (sulfide) groups is 1. The average Bonchev–Trinajstić information content (AvgIpc) is 2.70. The maximum absolute atomic E-state index is 11.3. The second kappa shape index (κ2) is 6.55. The lowest BCUT2D eigenvalue weighted by molar-refractivity contribution is -0.140. The van der Waals surface area contributed by atoms with E-state index in [1.807, 2.05) is 17.5 Å². The predicted octanol–water partition coefficient (Wildman–Crippen LogP) is 1.57. The van der Waals surface area contributed by atoms with Gasteiger partial charge in [-0.1, -0.05) is 6.07 Å². The maximum Gasteiger partial charge on any atom is 0.325 e. The molecule has 2 N–H and O–H groups in total. The topological polar surface area (TPSA) is 66.4 Å². The normalized spacial score (nSPS) is 12.1. The van der Waals surface area contributed by atoms with Gasteiger partial charge < -0.3 is 10.4 Å². The standard InChI is InChI=1S/C10H13NO3S2/c1-7(10(13)14)11-9(12)6-15-5-8-3-2-4-16-8/h2-4,7H,5-6H2,1H3,(H,11,12)(H,13,14). The third kappa shape index (κ3) is 4.67. The highest BCUT2D eigenvalue weighted by Crippen LogP contribution is 2.16. The molecule has 0 saturated carbocycles. The molecule has 0 saturated heterocycles. The summed E-state index contributed by atoms with van der Waals surface area (Å²) in [7, 11) is 0. The van der Waals surface area contributed by atoms with E-state index in [-0.39, 0.29) is 11.7 Å². The number of carboxylic acids is 1. The van der Waals surface area contributed by atoms with Crippen molar-refractivity contribution in [1.29, 1.82) is 0 Å². The molecule has 16 heavy (non-hydrogen) atoms. The lowest BCUT2D eigenvalue weighted by atomic mass is 10.3. The van der Waals surface area contributed by atoms with Crippen LogP contribution in [0.25, 0.3) is 0 Å². The largest absolute Gasteiger partial charge is 0.480 e. The number of thiophene rings is 1. The van der Waals surface area contributed by atoms with Crippen molar-refractivity contribution in [3.63, 3.8) is 0 Å². The van der Waals surface area contributed by atoms with Crippen LogP contribution >= 0.6 is 23.1 Å². The summed E-state index contributed by atoms with van der Waals surface area (Å²) in [5, 5.41) is 13.0. The van der Waals surface area contributed by atoms with Crippen LogP contribution in [0.2, 0.25) is 0 Å². The van der Waals surface area contributed by atoms with Crippen molar-refractivity contribution in [2.75, 3.05) is 5.75 Å². The maximum atomic E-state index is 11.3. The molecule has 88 valence electrons. The fourth-order valence-corrected chi connectivity index (χ4v) is 2.66. The van der Waals surface area contributed by atoms with Gasteiger partial charge in [-0.15, -0.1) is 23.1 Å². The van der Waals surface area contributed by atoms with E-state index in [0.717, 1.165) is 5.75 Å². The lowest BCUT2D eigenvalue weighted by Gasteiger charge is -2.08. The minimum Gasteiger partial charge on any atom is -0.480 e. The number of carbonyl (C=O) groups is 2. The van der Waals surface area contributed by atoms with Crippen molar-refractivity contribution in [2.24, 2.45) is 0 Å². The van der Waals surface area contributed by atoms with Crippen molar-refractivity contribution >= 4 is 35.0 Å². The highest BCUT2D eigenvalue weighted by molar-refractivity contribution is 7.99. The summed E-state index contributed by atoms with van der Waals surface area (Å²) < 4.78 is 0. The van der Waals surface area contributed by atoms with Crippen LogP contribution in [0.1, 0.15) is 11.8 Å². The van der Waals surface area contributed by atoms with Crippen molar-refractivity contribution in [1.82, 2.24) is 5.32 Å². The molecule has 0 aliphatic carbocycles. The minimum atomic E-state index is -1.02. The molecule has 0 aliphatic rings. The van der Waals surface area contributed by atoms with Gasteiger partial charge in [0.1, 0.15) is 6.04 Å². The molecule has 4 nitrogen and oxygen atoms in total. The van der Waals surface area contributed by atoms with Gasteiger partial charge in [0.15, 0.2) is 0 Å². The molecule has 6 heteroatoms. The van der Waals surface area contributed by atoms with Crippen LogP contribution in [-0.2, 0) is 15.3 Å². The third-order valence-electron chi connectivity index (χ3n) is 1.81. The zero-order valence-electron chi connectivity index (χ0n) is 8.80. The molecule has 1 amide bonds. The Morgan fingerprint density at radius 3 is 2.94 bits per heavy atom. The zero-order valence-corrected chi connectivity index (χ0v) is 10.4. The fourth-order valence-electron chi connectivity index (χ4n) is 0.984. The Morgan fingerprint density at radius 2 is 2.38 bits per heavy atom. The molecule has 0 bridgehead atoms. The predicted molar refractivity (Wildman–Crippen MR) is 65.7 cm³/mol. The van der Waals surface area contributed by atoms with Gasteiger partial charge >= 0.3 is 5.97 Å². The monoisotopic (exact) mass is 259 g/mol. The van der Waals surface area contributed by atoms with E-state index in [4.69, 9.17) is 5.11 Å². The molecule has 1 aromatic rings. The minimum absolute atomic E-state index is 0.239. The van der Waals surface area contributed by atoms with Crippen molar-refractivity contribution in [2.45, 2.75) is 18.7 Å². The van der Waals surface area contributed by atoms with E-state index in [0.29, 0.717) is 0 Å². The van der Waals surface area contributed by atoms with Gasteiger partial charge in [0.2, 0.25) is 5.91 Å². The van der Waals surface area contributed by atoms with Gasteiger partial charge in [-0.05, 0) is 18.4 Å². The van der Waals surface area contributed by atoms with Gasteiger partial charge in [-0.25, -0.2) is 0 Å². The Labute approximate surface area is 102 Å². The molecule has 1 rings (SSSR count). The number of nitrogens with one attached hydrogen (secondary N) is 1. The van der Waals surface area contributed by atoms with Gasteiger partial charge in [-0.3, -0.25) is 9.59 Å². The first-order valence-corrected chi connectivity index (χ1v) is 6.75. The molecular formula is C10H13NO3S2. The number of hydrogen-bond donors (Lipinski definition) is 2. The van der Waals surface area contributed by atoms with Crippen LogP contribution in [0.4, 0.5) is 0 Å². The summed E-state index contributed by atoms with van der Waals surface area (Å²) in [5.41, 5.74) is 0. The summed E-state index contributed by atoms with van der Waals surface area (Å²) in [5.74, 6) is -0.185. The molecule has 0 aliphatic heterocycles. The zero-order chi connectivity index (χ0) is 12.0. The summed E-state index contributed by atoms with van der Waals surface area (Å²) in [6, 6.07) is 3.15. The second-order valence-corrected chi connectivity index (χ2v) is 5.22. The van der Waals surface area contributed by atoms with Gasteiger partial charge in [-0.2, -0.15) is 0 Å². The quantitative estimate of drug-likeness (QED) is 0.814. The van der Waals surface area contributed by atoms with E-state index in [1.54, 1.807) is 11.3 Å². The van der Waals surface area contributed by atoms with Crippen molar-refractivity contribution in [3.05, 3.63) is 22.4 Å². The Bertz CT molecular complexity index is 351. The van der Waals surface area contributed by atoms with E-state index in [2.05, 4.69) is 5.32 Å². The summed E-state index contributed by atoms with van der Waals surface area (Å²) >= 11 is 3.12. The molecule has 1 aromatic heterocycles. The first-order valence-electron chi connectivity index (χ1n) is 4.72. The van der Waals surface area contributed by atoms with E-state index in [1.165, 1.54) is 23.6 Å². The lowest BCUT2D eigenvalue weighted by Crippen LogP contribution is -2.39. The smallest absolute Gasteiger partial charge is 0.325 e. The molecular weight excluding hydrogens is 246 g/mol. The van der Waals surface area contributed by atoms with Crippen LogP contribution in [0.5, 0.6) is 0 Å². The molecule has 1 atom stereocenters. The highest BCUT2D eigenvalue weighted by Gasteiger charge is 2.13. The van der Waals surface area contributed by atoms with Gasteiger partial charge in [0, 0.05) is 10.6 Å². The van der Waals surface area contributed by atoms with Crippen molar-refractivity contribution < 1.29 is 14.7 Å². The van der Waals surface area contributed by atoms with Crippen molar-refractivity contribution in [3.8, 4) is 0 Å². The summed E-state index contributed by atoms with van der Waals surface area (Å²) in [6.45, 7) is 1.45. The first kappa shape index (κ1) is 13.1. The third-order valence-corrected chi connectivity index (χ3v) is 3.85. The Hall–Kier alpha value is -1.01. The number of carbonyl (C=O) groups excluding carboxylic acids is 1. The van der Waals surface area contributed by atoms with Gasteiger partial charge in [0.05, 0.1) is 5.75 Å². The molecule has 1 unspecified atom stereocenters. The Balaban J connectivity index is 2.18. The van der Waals surface area contributed by atoms with E-state index >= 15 is 0 Å². The average molecular weight is 259 g/mol. The molecule has 1 heterocycles. The SMILES string of the molecule is CC(NC(=O)CSCc1cccs1)C(=O)O. The number of amides is 1. The highest BCUT2D eigenvalue weighted by atomic mass is 32.2. The van der Waals surface area contributed by atoms with E-state index < -0.39 is 12.0 Å². The summed E-state index contributed by atoms with van der Waals surface area (Å²) in [4.78, 5) is 23.0. The first-order chi connectivity index (χ1) is 7.59. The molecule has 0 radical (unpaired) electrons. The molecule has 0 fully saturated rings. The van der Waals surface area contributed by atoms with Crippen LogP contribution < -0.4 is 5.32 Å². The molecule has 0 aromatic carbocycles. The van der Waals surface area contributed by atoms with Crippen LogP contribution in [-0.4, -0.2) is 28.8 Å². The number of carboxylic acid groups (broad SMARTS) is 1. The molecule has 0 spiro atoms. The Kier molecular flexibility index (Phi) is 5.34. The number of aliphatic carboxylic acids is 1. The van der Waals surface area contributed by atoms with Crippen LogP contribution in [0.15, 0.2) is 17.5 Å². The van der Waals surface area contributed by atoms with Crippen LogP contribution in [0, 0.1) is 0 Å².